The van der Waals surface area contributed by atoms with Crippen LogP contribution in [0.1, 0.15) is 17.3 Å². The van der Waals surface area contributed by atoms with E-state index in [2.05, 4.69) is 4.98 Å². The fourth-order valence-electron chi connectivity index (χ4n) is 1.76. The van der Waals surface area contributed by atoms with Gasteiger partial charge in [-0.05, 0) is 19.1 Å². The molecule has 5 nitrogen and oxygen atoms in total. The molecule has 0 unspecified atom stereocenters. The summed E-state index contributed by atoms with van der Waals surface area (Å²) < 4.78 is 7.27. The number of ketones is 1. The molecule has 1 atom stereocenters. The second kappa shape index (κ2) is 6.15. The maximum Gasteiger partial charge on any atom is 0.163 e. The fourth-order valence-corrected chi connectivity index (χ4v) is 1.76. The number of ether oxygens (including phenoxy) is 1. The first-order chi connectivity index (χ1) is 9.16. The molecule has 0 spiro atoms. The summed E-state index contributed by atoms with van der Waals surface area (Å²) >= 11 is 0. The third-order valence-corrected chi connectivity index (χ3v) is 2.68. The fraction of sp³-hybridized carbons (Fsp3) is 0.286. The van der Waals surface area contributed by atoms with Crippen LogP contribution < -0.4 is 4.74 Å². The van der Waals surface area contributed by atoms with Gasteiger partial charge in [-0.25, -0.2) is 4.98 Å². The lowest BCUT2D eigenvalue weighted by Crippen LogP contribution is -2.23. The number of imidazole rings is 1. The second-order valence-corrected chi connectivity index (χ2v) is 4.28. The zero-order chi connectivity index (χ0) is 13.7. The number of carbonyl (C=O) groups excluding carboxylic acids is 1. The van der Waals surface area contributed by atoms with Crippen LogP contribution in [0.2, 0.25) is 0 Å². The number of nitrogens with zero attached hydrogens (tertiary/aromatic N) is 2. The number of hydrogen-bond donors (Lipinski definition) is 1. The first-order valence-corrected chi connectivity index (χ1v) is 6.03. The molecule has 1 N–H and O–H groups in total. The van der Waals surface area contributed by atoms with Crippen LogP contribution in [0.5, 0.6) is 5.75 Å². The van der Waals surface area contributed by atoms with Crippen LogP contribution in [0, 0.1) is 0 Å². The van der Waals surface area contributed by atoms with Crippen molar-refractivity contribution in [3.05, 3.63) is 48.5 Å². The van der Waals surface area contributed by atoms with Crippen molar-refractivity contribution in [1.29, 1.82) is 0 Å². The maximum absolute atomic E-state index is 11.4. The summed E-state index contributed by atoms with van der Waals surface area (Å²) in [6.45, 7) is 2.02. The van der Waals surface area contributed by atoms with Crippen molar-refractivity contribution < 1.29 is 14.6 Å². The van der Waals surface area contributed by atoms with Gasteiger partial charge in [0.25, 0.3) is 0 Å². The molecule has 5 heteroatoms. The number of hydrogen-bond acceptors (Lipinski definition) is 4. The lowest BCUT2D eigenvalue weighted by atomic mass is 10.1. The summed E-state index contributed by atoms with van der Waals surface area (Å²) in [6.07, 6.45) is 4.40. The van der Waals surface area contributed by atoms with E-state index >= 15 is 0 Å². The molecule has 0 bridgehead atoms. The molecule has 19 heavy (non-hydrogen) atoms. The number of Topliss-reactive ketones (excluding diaryl/α,β-unsaturated/α-hetero) is 1. The predicted molar refractivity (Wildman–Crippen MR) is 70.2 cm³/mol. The Labute approximate surface area is 111 Å². The molecule has 1 aromatic carbocycles. The van der Waals surface area contributed by atoms with Gasteiger partial charge in [-0.2, -0.15) is 0 Å². The van der Waals surface area contributed by atoms with Crippen LogP contribution in [0.15, 0.2) is 43.0 Å². The van der Waals surface area contributed by atoms with Crippen molar-refractivity contribution in [2.24, 2.45) is 0 Å². The highest BCUT2D eigenvalue weighted by Gasteiger charge is 2.10. The average Bonchev–Trinajstić information content (AvgIpc) is 2.89. The van der Waals surface area contributed by atoms with E-state index in [1.807, 2.05) is 0 Å². The molecule has 1 aromatic heterocycles. The molecule has 0 fully saturated rings. The Morgan fingerprint density at radius 1 is 1.47 bits per heavy atom. The van der Waals surface area contributed by atoms with Gasteiger partial charge in [0.1, 0.15) is 18.5 Å². The molecule has 2 aromatic rings. The number of para-hydroxylation sites is 1. The zero-order valence-corrected chi connectivity index (χ0v) is 10.7. The third kappa shape index (κ3) is 3.66. The Hall–Kier alpha value is -2.14. The standard InChI is InChI=1S/C14H16N2O3/c1-11(17)13-4-2-3-5-14(13)19-9-12(18)8-16-7-6-15-10-16/h2-7,10,12,18H,8-9H2,1H3/t12-/m1/s1. The highest BCUT2D eigenvalue weighted by Crippen LogP contribution is 2.18. The van der Waals surface area contributed by atoms with Crippen LogP contribution in [0.3, 0.4) is 0 Å². The first-order valence-electron chi connectivity index (χ1n) is 6.03. The number of benzene rings is 1. The molecular formula is C14H16N2O3. The minimum absolute atomic E-state index is 0.0558. The summed E-state index contributed by atoms with van der Waals surface area (Å²) in [5, 5.41) is 9.85. The molecule has 0 aliphatic carbocycles. The van der Waals surface area contributed by atoms with E-state index in [9.17, 15) is 9.90 Å². The van der Waals surface area contributed by atoms with Gasteiger partial charge in [0.15, 0.2) is 5.78 Å². The van der Waals surface area contributed by atoms with E-state index in [-0.39, 0.29) is 12.4 Å². The SMILES string of the molecule is CC(=O)c1ccccc1OC[C@H](O)Cn1ccnc1. The van der Waals surface area contributed by atoms with Crippen LogP contribution >= 0.6 is 0 Å². The third-order valence-electron chi connectivity index (χ3n) is 2.68. The van der Waals surface area contributed by atoms with Gasteiger partial charge in [0, 0.05) is 12.4 Å². The summed E-state index contributed by atoms with van der Waals surface area (Å²) in [5.74, 6) is 0.444. The number of rotatable bonds is 6. The first kappa shape index (κ1) is 13.3. The summed E-state index contributed by atoms with van der Waals surface area (Å²) in [4.78, 5) is 15.3. The smallest absolute Gasteiger partial charge is 0.163 e. The Balaban J connectivity index is 1.93. The van der Waals surface area contributed by atoms with Gasteiger partial charge in [-0.3, -0.25) is 4.79 Å². The van der Waals surface area contributed by atoms with E-state index in [1.54, 1.807) is 47.6 Å². The van der Waals surface area contributed by atoms with Crippen molar-refractivity contribution in [2.45, 2.75) is 19.6 Å². The molecule has 0 aliphatic heterocycles. The molecule has 1 heterocycles. The summed E-state index contributed by atoms with van der Waals surface area (Å²) in [7, 11) is 0. The van der Waals surface area contributed by atoms with E-state index in [0.717, 1.165) is 0 Å². The minimum atomic E-state index is -0.658. The van der Waals surface area contributed by atoms with Gasteiger partial charge in [-0.15, -0.1) is 0 Å². The van der Waals surface area contributed by atoms with Gasteiger partial charge < -0.3 is 14.4 Å². The highest BCUT2D eigenvalue weighted by molar-refractivity contribution is 5.96. The van der Waals surface area contributed by atoms with Gasteiger partial charge >= 0.3 is 0 Å². The Kier molecular flexibility index (Phi) is 4.30. The van der Waals surface area contributed by atoms with E-state index in [1.165, 1.54) is 6.92 Å². The van der Waals surface area contributed by atoms with Gasteiger partial charge in [-0.1, -0.05) is 12.1 Å². The van der Waals surface area contributed by atoms with Crippen molar-refractivity contribution in [3.63, 3.8) is 0 Å². The number of carbonyl (C=O) groups is 1. The monoisotopic (exact) mass is 260 g/mol. The van der Waals surface area contributed by atoms with Crippen LogP contribution in [0.25, 0.3) is 0 Å². The Bertz CT molecular complexity index is 537. The topological polar surface area (TPSA) is 64.3 Å². The van der Waals surface area contributed by atoms with E-state index in [4.69, 9.17) is 4.74 Å². The van der Waals surface area contributed by atoms with Gasteiger partial charge in [0.2, 0.25) is 0 Å². The van der Waals surface area contributed by atoms with Crippen LogP contribution in [0.4, 0.5) is 0 Å². The molecule has 0 saturated carbocycles. The van der Waals surface area contributed by atoms with Gasteiger partial charge in [0.05, 0.1) is 18.4 Å². The molecular weight excluding hydrogens is 244 g/mol. The molecule has 0 radical (unpaired) electrons. The number of aromatic nitrogens is 2. The van der Waals surface area contributed by atoms with Crippen molar-refractivity contribution in [1.82, 2.24) is 9.55 Å². The lowest BCUT2D eigenvalue weighted by molar-refractivity contribution is 0.0896. The van der Waals surface area contributed by atoms with E-state index in [0.29, 0.717) is 17.9 Å². The lowest BCUT2D eigenvalue weighted by Gasteiger charge is -2.14. The van der Waals surface area contributed by atoms with E-state index < -0.39 is 6.10 Å². The Morgan fingerprint density at radius 2 is 2.26 bits per heavy atom. The summed E-state index contributed by atoms with van der Waals surface area (Å²) in [6, 6.07) is 7.01. The van der Waals surface area contributed by atoms with Crippen molar-refractivity contribution in [2.75, 3.05) is 6.61 Å². The maximum atomic E-state index is 11.4. The Morgan fingerprint density at radius 3 is 2.95 bits per heavy atom. The van der Waals surface area contributed by atoms with Crippen LogP contribution in [-0.2, 0) is 6.54 Å². The van der Waals surface area contributed by atoms with Crippen molar-refractivity contribution >= 4 is 5.78 Å². The predicted octanol–water partition coefficient (Wildman–Crippen LogP) is 1.53. The normalized spacial score (nSPS) is 12.1. The number of aliphatic hydroxyl groups excluding tert-OH is 1. The summed E-state index contributed by atoms with van der Waals surface area (Å²) in [5.41, 5.74) is 0.525. The largest absolute Gasteiger partial charge is 0.490 e. The molecule has 0 aliphatic rings. The minimum Gasteiger partial charge on any atom is -0.490 e. The average molecular weight is 260 g/mol. The second-order valence-electron chi connectivity index (χ2n) is 4.28. The molecule has 0 saturated heterocycles. The zero-order valence-electron chi connectivity index (χ0n) is 10.7. The molecule has 100 valence electrons. The van der Waals surface area contributed by atoms with Crippen LogP contribution in [-0.4, -0.2) is 33.2 Å². The quantitative estimate of drug-likeness (QED) is 0.800. The highest BCUT2D eigenvalue weighted by atomic mass is 16.5. The number of aliphatic hydroxyl groups is 1. The molecule has 2 rings (SSSR count). The van der Waals surface area contributed by atoms with Crippen molar-refractivity contribution in [3.8, 4) is 5.75 Å². The molecule has 0 amide bonds.